The summed E-state index contributed by atoms with van der Waals surface area (Å²) in [4.78, 5) is 8.85. The largest absolute Gasteiger partial charge is 0.507 e. The molecular weight excluding hydrogens is 326 g/mol. The zero-order chi connectivity index (χ0) is 17.7. The number of aromatic hydroxyl groups is 1. The van der Waals surface area contributed by atoms with Crippen molar-refractivity contribution < 1.29 is 5.11 Å². The van der Waals surface area contributed by atoms with Crippen LogP contribution in [0.3, 0.4) is 0 Å². The van der Waals surface area contributed by atoms with Gasteiger partial charge in [0.2, 0.25) is 0 Å². The van der Waals surface area contributed by atoms with Gasteiger partial charge in [-0.05, 0) is 54.6 Å². The molecule has 0 aliphatic carbocycles. The first kappa shape index (κ1) is 15.5. The van der Waals surface area contributed by atoms with Gasteiger partial charge in [0.25, 0.3) is 0 Å². The van der Waals surface area contributed by atoms with Crippen molar-refractivity contribution in [1.82, 2.24) is 20.1 Å². The summed E-state index contributed by atoms with van der Waals surface area (Å²) in [6.45, 7) is 4.45. The lowest BCUT2D eigenvalue weighted by Crippen LogP contribution is -2.27. The predicted octanol–water partition coefficient (Wildman–Crippen LogP) is 2.40. The molecule has 0 spiro atoms. The Balaban J connectivity index is 1.41. The molecule has 2 saturated heterocycles. The van der Waals surface area contributed by atoms with E-state index in [0.29, 0.717) is 11.3 Å². The number of nitrogens with zero attached hydrogens (tertiary/aromatic N) is 5. The molecule has 2 atom stereocenters. The number of aromatic nitrogens is 3. The highest BCUT2D eigenvalue weighted by Gasteiger charge is 2.39. The molecule has 0 radical (unpaired) electrons. The highest BCUT2D eigenvalue weighted by atomic mass is 16.3. The smallest absolute Gasteiger partial charge is 0.151 e. The lowest BCUT2D eigenvalue weighted by atomic mass is 10.0. The Morgan fingerprint density at radius 1 is 0.962 bits per heavy atom. The van der Waals surface area contributed by atoms with Crippen molar-refractivity contribution in [2.24, 2.45) is 11.8 Å². The molecule has 0 amide bonds. The minimum Gasteiger partial charge on any atom is -0.507 e. The first-order chi connectivity index (χ1) is 12.7. The summed E-state index contributed by atoms with van der Waals surface area (Å²) in [5.41, 5.74) is 1.38. The van der Waals surface area contributed by atoms with Gasteiger partial charge in [0.15, 0.2) is 5.82 Å². The number of hydrogen-bond donors (Lipinski definition) is 1. The third-order valence-corrected chi connectivity index (χ3v) is 5.67. The number of benzene rings is 1. The van der Waals surface area contributed by atoms with Crippen molar-refractivity contribution in [3.8, 4) is 17.0 Å². The highest BCUT2D eigenvalue weighted by molar-refractivity contribution is 5.89. The van der Waals surface area contributed by atoms with Crippen molar-refractivity contribution in [3.63, 3.8) is 0 Å². The van der Waals surface area contributed by atoms with Crippen molar-refractivity contribution in [2.45, 2.75) is 0 Å². The van der Waals surface area contributed by atoms with Gasteiger partial charge in [-0.15, -0.1) is 10.2 Å². The van der Waals surface area contributed by atoms with Crippen LogP contribution in [0.4, 0.5) is 5.82 Å². The number of anilines is 1. The van der Waals surface area contributed by atoms with Crippen molar-refractivity contribution >= 4 is 16.6 Å². The van der Waals surface area contributed by atoms with E-state index in [-0.39, 0.29) is 5.75 Å². The predicted molar refractivity (Wildman–Crippen MR) is 101 cm³/mol. The topological polar surface area (TPSA) is 65.4 Å². The first-order valence-corrected chi connectivity index (χ1v) is 9.02. The molecule has 0 bridgehead atoms. The number of rotatable bonds is 2. The number of likely N-dealkylation sites (tertiary alicyclic amines) is 1. The number of phenols is 1. The first-order valence-electron chi connectivity index (χ1n) is 9.02. The molecule has 0 unspecified atom stereocenters. The standard InChI is InChI=1S/C20H21N5O/c1-24-9-15-11-25(12-16(15)10-24)20-3-2-18(22-23-20)17-6-13-4-5-21-8-14(13)7-19(17)26/h2-8,15-16,26H,9-12H2,1H3/t15-,16+. The summed E-state index contributed by atoms with van der Waals surface area (Å²) in [5.74, 6) is 2.60. The maximum absolute atomic E-state index is 10.4. The van der Waals surface area contributed by atoms with Crippen LogP contribution >= 0.6 is 0 Å². The van der Waals surface area contributed by atoms with Crippen LogP contribution < -0.4 is 4.90 Å². The molecule has 2 aliphatic rings. The Kier molecular flexibility index (Phi) is 3.53. The number of phenolic OH excluding ortho intramolecular Hbond substituents is 1. The van der Waals surface area contributed by atoms with Gasteiger partial charge in [-0.2, -0.15) is 0 Å². The second kappa shape index (κ2) is 5.92. The van der Waals surface area contributed by atoms with Gasteiger partial charge in [0, 0.05) is 49.5 Å². The van der Waals surface area contributed by atoms with Crippen LogP contribution in [-0.4, -0.2) is 58.4 Å². The second-order valence-electron chi connectivity index (χ2n) is 7.52. The van der Waals surface area contributed by atoms with E-state index in [1.807, 2.05) is 24.3 Å². The van der Waals surface area contributed by atoms with E-state index in [0.717, 1.165) is 41.5 Å². The van der Waals surface area contributed by atoms with Crippen LogP contribution in [-0.2, 0) is 0 Å². The molecular formula is C20H21N5O. The van der Waals surface area contributed by atoms with E-state index in [2.05, 4.69) is 32.0 Å². The summed E-state index contributed by atoms with van der Waals surface area (Å²) in [5, 5.41) is 21.1. The van der Waals surface area contributed by atoms with E-state index >= 15 is 0 Å². The van der Waals surface area contributed by atoms with Crippen molar-refractivity contribution in [2.75, 3.05) is 38.1 Å². The zero-order valence-corrected chi connectivity index (χ0v) is 14.7. The van der Waals surface area contributed by atoms with Gasteiger partial charge in [0.1, 0.15) is 5.75 Å². The fourth-order valence-corrected chi connectivity index (χ4v) is 4.38. The molecule has 2 aromatic heterocycles. The molecule has 2 aliphatic heterocycles. The normalized spacial score (nSPS) is 22.9. The summed E-state index contributed by atoms with van der Waals surface area (Å²) in [7, 11) is 2.20. The molecule has 6 nitrogen and oxygen atoms in total. The number of hydrogen-bond acceptors (Lipinski definition) is 6. The molecule has 0 saturated carbocycles. The Hall–Kier alpha value is -2.73. The van der Waals surface area contributed by atoms with E-state index in [1.165, 1.54) is 13.1 Å². The summed E-state index contributed by atoms with van der Waals surface area (Å²) < 4.78 is 0. The minimum atomic E-state index is 0.200. The number of pyridine rings is 1. The van der Waals surface area contributed by atoms with Crippen LogP contribution in [0, 0.1) is 11.8 Å². The molecule has 4 heterocycles. The third-order valence-electron chi connectivity index (χ3n) is 5.67. The fraction of sp³-hybridized carbons (Fsp3) is 0.350. The summed E-state index contributed by atoms with van der Waals surface area (Å²) in [6.07, 6.45) is 3.49. The van der Waals surface area contributed by atoms with Gasteiger partial charge in [-0.1, -0.05) is 0 Å². The fourth-order valence-electron chi connectivity index (χ4n) is 4.38. The van der Waals surface area contributed by atoms with Crippen LogP contribution in [0.25, 0.3) is 22.0 Å². The molecule has 1 N–H and O–H groups in total. The lowest BCUT2D eigenvalue weighted by molar-refractivity contribution is 0.387. The monoisotopic (exact) mass is 347 g/mol. The van der Waals surface area contributed by atoms with Crippen molar-refractivity contribution in [3.05, 3.63) is 42.7 Å². The zero-order valence-electron chi connectivity index (χ0n) is 14.7. The Morgan fingerprint density at radius 2 is 1.77 bits per heavy atom. The molecule has 5 rings (SSSR count). The third kappa shape index (κ3) is 2.57. The van der Waals surface area contributed by atoms with Gasteiger partial charge < -0.3 is 14.9 Å². The summed E-state index contributed by atoms with van der Waals surface area (Å²) in [6, 6.07) is 9.56. The Morgan fingerprint density at radius 3 is 2.50 bits per heavy atom. The van der Waals surface area contributed by atoms with Crippen LogP contribution in [0.1, 0.15) is 0 Å². The average Bonchev–Trinajstić information content (AvgIpc) is 3.19. The van der Waals surface area contributed by atoms with Crippen LogP contribution in [0.2, 0.25) is 0 Å². The van der Waals surface area contributed by atoms with E-state index in [1.54, 1.807) is 18.5 Å². The Labute approximate surface area is 152 Å². The molecule has 3 aromatic rings. The van der Waals surface area contributed by atoms with Crippen LogP contribution in [0.15, 0.2) is 42.7 Å². The SMILES string of the molecule is CN1C[C@@H]2CN(c3ccc(-c4cc5ccncc5cc4O)nn3)C[C@@H]2C1. The maximum Gasteiger partial charge on any atom is 0.151 e. The number of fused-ring (bicyclic) bond motifs is 2. The van der Waals surface area contributed by atoms with E-state index in [9.17, 15) is 5.11 Å². The second-order valence-corrected chi connectivity index (χ2v) is 7.52. The van der Waals surface area contributed by atoms with E-state index < -0.39 is 0 Å². The van der Waals surface area contributed by atoms with Gasteiger partial charge >= 0.3 is 0 Å². The van der Waals surface area contributed by atoms with E-state index in [4.69, 9.17) is 0 Å². The molecule has 26 heavy (non-hydrogen) atoms. The minimum absolute atomic E-state index is 0.200. The Bertz CT molecular complexity index is 944. The average molecular weight is 347 g/mol. The van der Waals surface area contributed by atoms with Gasteiger partial charge in [-0.3, -0.25) is 4.98 Å². The molecule has 1 aromatic carbocycles. The van der Waals surface area contributed by atoms with Gasteiger partial charge in [0.05, 0.1) is 5.69 Å². The maximum atomic E-state index is 10.4. The molecule has 2 fully saturated rings. The van der Waals surface area contributed by atoms with Crippen LogP contribution in [0.5, 0.6) is 5.75 Å². The highest BCUT2D eigenvalue weighted by Crippen LogP contribution is 2.34. The summed E-state index contributed by atoms with van der Waals surface area (Å²) >= 11 is 0. The van der Waals surface area contributed by atoms with Gasteiger partial charge in [-0.25, -0.2) is 0 Å². The lowest BCUT2D eigenvalue weighted by Gasteiger charge is -2.19. The quantitative estimate of drug-likeness (QED) is 0.768. The molecule has 6 heteroatoms. The van der Waals surface area contributed by atoms with Crippen molar-refractivity contribution in [1.29, 1.82) is 0 Å². The molecule has 132 valence electrons.